The third-order valence-corrected chi connectivity index (χ3v) is 3.96. The van der Waals surface area contributed by atoms with Crippen molar-refractivity contribution in [2.24, 2.45) is 5.92 Å². The number of halogens is 1. The summed E-state index contributed by atoms with van der Waals surface area (Å²) in [5, 5.41) is 0. The molecule has 3 rings (SSSR count). The van der Waals surface area contributed by atoms with Gasteiger partial charge >= 0.3 is 0 Å². The lowest BCUT2D eigenvalue weighted by atomic mass is 10.2. The molecular formula is C14H18ClN3. The summed E-state index contributed by atoms with van der Waals surface area (Å²) in [6, 6.07) is 2.60. The highest BCUT2D eigenvalue weighted by molar-refractivity contribution is 6.17. The number of hydrogen-bond acceptors (Lipinski definition) is 2. The highest BCUT2D eigenvalue weighted by Crippen LogP contribution is 2.41. The zero-order valence-electron chi connectivity index (χ0n) is 10.9. The number of fused-ring (bicyclic) bond motifs is 1. The van der Waals surface area contributed by atoms with Crippen LogP contribution >= 0.6 is 11.6 Å². The summed E-state index contributed by atoms with van der Waals surface area (Å²) in [6.45, 7) is 4.33. The lowest BCUT2D eigenvalue weighted by Gasteiger charge is -2.16. The molecule has 2 aromatic heterocycles. The first-order valence-electron chi connectivity index (χ1n) is 6.60. The van der Waals surface area contributed by atoms with Gasteiger partial charge in [0.1, 0.15) is 11.3 Å². The first kappa shape index (κ1) is 12.0. The Hall–Kier alpha value is -1.09. The van der Waals surface area contributed by atoms with Crippen LogP contribution in [-0.2, 0) is 6.42 Å². The number of pyridine rings is 1. The van der Waals surface area contributed by atoms with Gasteiger partial charge in [-0.05, 0) is 44.2 Å². The van der Waals surface area contributed by atoms with Crippen LogP contribution in [0, 0.1) is 12.8 Å². The number of hydrogen-bond donors (Lipinski definition) is 0. The minimum Gasteiger partial charge on any atom is -0.310 e. The third-order valence-electron chi connectivity index (χ3n) is 3.77. The van der Waals surface area contributed by atoms with Gasteiger partial charge in [-0.2, -0.15) is 0 Å². The quantitative estimate of drug-likeness (QED) is 0.791. The van der Waals surface area contributed by atoms with Gasteiger partial charge in [-0.25, -0.2) is 9.97 Å². The molecule has 1 atom stereocenters. The van der Waals surface area contributed by atoms with E-state index < -0.39 is 0 Å². The number of nitrogens with zero attached hydrogens (tertiary/aromatic N) is 3. The average molecular weight is 264 g/mol. The Morgan fingerprint density at radius 3 is 2.94 bits per heavy atom. The molecule has 0 N–H and O–H groups in total. The first-order valence-corrected chi connectivity index (χ1v) is 7.13. The zero-order chi connectivity index (χ0) is 12.7. The molecule has 2 heterocycles. The van der Waals surface area contributed by atoms with E-state index in [0.717, 1.165) is 34.9 Å². The summed E-state index contributed by atoms with van der Waals surface area (Å²) in [5.41, 5.74) is 3.17. The van der Waals surface area contributed by atoms with E-state index in [1.807, 2.05) is 6.20 Å². The molecule has 96 valence electrons. The fourth-order valence-corrected chi connectivity index (χ4v) is 2.78. The Morgan fingerprint density at radius 2 is 2.28 bits per heavy atom. The Kier molecular flexibility index (Phi) is 3.02. The van der Waals surface area contributed by atoms with Gasteiger partial charge < -0.3 is 4.57 Å². The summed E-state index contributed by atoms with van der Waals surface area (Å²) >= 11 is 5.89. The van der Waals surface area contributed by atoms with E-state index >= 15 is 0 Å². The van der Waals surface area contributed by atoms with Crippen LogP contribution in [0.25, 0.3) is 11.2 Å². The molecule has 1 aliphatic carbocycles. The summed E-state index contributed by atoms with van der Waals surface area (Å²) in [4.78, 5) is 9.28. The Morgan fingerprint density at radius 1 is 1.50 bits per heavy atom. The lowest BCUT2D eigenvalue weighted by molar-refractivity contribution is 0.479. The predicted molar refractivity (Wildman–Crippen MR) is 74.1 cm³/mol. The van der Waals surface area contributed by atoms with Crippen molar-refractivity contribution in [3.05, 3.63) is 23.7 Å². The van der Waals surface area contributed by atoms with E-state index in [2.05, 4.69) is 29.5 Å². The molecule has 0 amide bonds. The minimum atomic E-state index is 0.489. The van der Waals surface area contributed by atoms with Crippen molar-refractivity contribution in [2.45, 2.75) is 39.2 Å². The van der Waals surface area contributed by atoms with Crippen LogP contribution < -0.4 is 0 Å². The highest BCUT2D eigenvalue weighted by Gasteiger charge is 2.31. The standard InChI is InChI=1S/C14H18ClN3/c1-9-7-12-14(16-8-9)18(10(2)11-3-4-11)13(17-12)5-6-15/h7-8,10-11H,3-6H2,1-2H3. The normalized spacial score (nSPS) is 17.3. The van der Waals surface area contributed by atoms with Gasteiger partial charge in [0.25, 0.3) is 0 Å². The van der Waals surface area contributed by atoms with Crippen LogP contribution in [0.15, 0.2) is 12.3 Å². The SMILES string of the molecule is Cc1cnc2c(c1)nc(CCCl)n2C(C)C1CC1. The van der Waals surface area contributed by atoms with E-state index in [1.54, 1.807) is 0 Å². The number of rotatable bonds is 4. The van der Waals surface area contributed by atoms with Crippen molar-refractivity contribution >= 4 is 22.8 Å². The maximum Gasteiger partial charge on any atom is 0.160 e. The molecule has 1 aliphatic rings. The van der Waals surface area contributed by atoms with Crippen LogP contribution in [0.3, 0.4) is 0 Å². The van der Waals surface area contributed by atoms with Crippen molar-refractivity contribution in [3.8, 4) is 0 Å². The van der Waals surface area contributed by atoms with Gasteiger partial charge in [0.05, 0.1) is 0 Å². The summed E-state index contributed by atoms with van der Waals surface area (Å²) in [7, 11) is 0. The smallest absolute Gasteiger partial charge is 0.160 e. The topological polar surface area (TPSA) is 30.7 Å². The van der Waals surface area contributed by atoms with Crippen LogP contribution in [0.5, 0.6) is 0 Å². The monoisotopic (exact) mass is 263 g/mol. The minimum absolute atomic E-state index is 0.489. The number of imidazole rings is 1. The van der Waals surface area contributed by atoms with E-state index in [4.69, 9.17) is 16.6 Å². The van der Waals surface area contributed by atoms with Gasteiger partial charge in [0, 0.05) is 24.5 Å². The van der Waals surface area contributed by atoms with Crippen molar-refractivity contribution in [1.82, 2.24) is 14.5 Å². The molecule has 3 nitrogen and oxygen atoms in total. The van der Waals surface area contributed by atoms with E-state index in [-0.39, 0.29) is 0 Å². The predicted octanol–water partition coefficient (Wildman–Crippen LogP) is 3.49. The second-order valence-electron chi connectivity index (χ2n) is 5.27. The molecule has 0 saturated heterocycles. The molecule has 0 aromatic carbocycles. The second kappa shape index (κ2) is 4.54. The second-order valence-corrected chi connectivity index (χ2v) is 5.65. The molecule has 1 unspecified atom stereocenters. The van der Waals surface area contributed by atoms with Crippen LogP contribution in [0.1, 0.15) is 37.2 Å². The van der Waals surface area contributed by atoms with Gasteiger partial charge in [0.15, 0.2) is 5.65 Å². The molecule has 0 bridgehead atoms. The van der Waals surface area contributed by atoms with Crippen molar-refractivity contribution in [2.75, 3.05) is 5.88 Å². The Labute approximate surface area is 112 Å². The fourth-order valence-electron chi connectivity index (χ4n) is 2.61. The summed E-state index contributed by atoms with van der Waals surface area (Å²) in [5.74, 6) is 2.48. The maximum atomic E-state index is 5.89. The lowest BCUT2D eigenvalue weighted by Crippen LogP contribution is -2.12. The van der Waals surface area contributed by atoms with Gasteiger partial charge in [-0.15, -0.1) is 11.6 Å². The molecule has 18 heavy (non-hydrogen) atoms. The summed E-state index contributed by atoms with van der Waals surface area (Å²) in [6.07, 6.45) is 5.39. The zero-order valence-corrected chi connectivity index (χ0v) is 11.6. The van der Waals surface area contributed by atoms with Crippen molar-refractivity contribution in [3.63, 3.8) is 0 Å². The number of aromatic nitrogens is 3. The molecule has 0 spiro atoms. The molecule has 0 radical (unpaired) electrons. The van der Waals surface area contributed by atoms with Gasteiger partial charge in [-0.1, -0.05) is 0 Å². The fraction of sp³-hybridized carbons (Fsp3) is 0.571. The van der Waals surface area contributed by atoms with Gasteiger partial charge in [0.2, 0.25) is 0 Å². The molecule has 0 aliphatic heterocycles. The molecule has 1 fully saturated rings. The summed E-state index contributed by atoms with van der Waals surface area (Å²) < 4.78 is 2.30. The molecule has 2 aromatic rings. The number of alkyl halides is 1. The van der Waals surface area contributed by atoms with E-state index in [9.17, 15) is 0 Å². The third kappa shape index (κ3) is 2.01. The van der Waals surface area contributed by atoms with E-state index in [0.29, 0.717) is 11.9 Å². The Balaban J connectivity index is 2.14. The molecular weight excluding hydrogens is 246 g/mol. The van der Waals surface area contributed by atoms with Crippen molar-refractivity contribution in [1.29, 1.82) is 0 Å². The molecule has 4 heteroatoms. The largest absolute Gasteiger partial charge is 0.310 e. The van der Waals surface area contributed by atoms with E-state index in [1.165, 1.54) is 12.8 Å². The maximum absolute atomic E-state index is 5.89. The van der Waals surface area contributed by atoms with Crippen LogP contribution in [0.4, 0.5) is 0 Å². The number of aryl methyl sites for hydroxylation is 2. The average Bonchev–Trinajstić information content (AvgIpc) is 3.11. The molecule has 1 saturated carbocycles. The van der Waals surface area contributed by atoms with Gasteiger partial charge in [-0.3, -0.25) is 0 Å². The van der Waals surface area contributed by atoms with Crippen molar-refractivity contribution < 1.29 is 0 Å². The van der Waals surface area contributed by atoms with Crippen LogP contribution in [0.2, 0.25) is 0 Å². The highest BCUT2D eigenvalue weighted by atomic mass is 35.5. The van der Waals surface area contributed by atoms with Crippen LogP contribution in [-0.4, -0.2) is 20.4 Å². The Bertz CT molecular complexity index is 572. The first-order chi connectivity index (χ1) is 8.70.